The first kappa shape index (κ1) is 59.1. The van der Waals surface area contributed by atoms with Gasteiger partial charge in [0.2, 0.25) is 5.91 Å². The van der Waals surface area contributed by atoms with Gasteiger partial charge in [0.15, 0.2) is 0 Å². The van der Waals surface area contributed by atoms with E-state index in [1.54, 1.807) is 6.08 Å². The number of carbonyl (C=O) groups excluding carboxylic acids is 2. The van der Waals surface area contributed by atoms with E-state index in [-0.39, 0.29) is 18.5 Å². The van der Waals surface area contributed by atoms with Gasteiger partial charge in [-0.25, -0.2) is 0 Å². The maximum Gasteiger partial charge on any atom is 0.305 e. The topological polar surface area (TPSA) is 95.9 Å². The van der Waals surface area contributed by atoms with Crippen LogP contribution in [0.2, 0.25) is 0 Å². The number of unbranched alkanes of at least 4 members (excludes halogenated alkanes) is 34. The fourth-order valence-corrected chi connectivity index (χ4v) is 7.96. The van der Waals surface area contributed by atoms with Crippen LogP contribution in [0.25, 0.3) is 0 Å². The lowest BCUT2D eigenvalue weighted by Gasteiger charge is -2.20. The van der Waals surface area contributed by atoms with E-state index in [0.717, 1.165) is 51.4 Å². The first-order chi connectivity index (χ1) is 30.0. The van der Waals surface area contributed by atoms with Crippen molar-refractivity contribution in [2.75, 3.05) is 13.2 Å². The molecule has 6 nitrogen and oxygen atoms in total. The van der Waals surface area contributed by atoms with Crippen LogP contribution in [-0.2, 0) is 14.3 Å². The second-order valence-corrected chi connectivity index (χ2v) is 18.2. The predicted octanol–water partition coefficient (Wildman–Crippen LogP) is 16.1. The van der Waals surface area contributed by atoms with Crippen LogP contribution in [0.1, 0.15) is 277 Å². The van der Waals surface area contributed by atoms with Crippen molar-refractivity contribution in [1.29, 1.82) is 0 Å². The highest BCUT2D eigenvalue weighted by Crippen LogP contribution is 2.15. The summed E-state index contributed by atoms with van der Waals surface area (Å²) < 4.78 is 5.44. The Kier molecular flexibility index (Phi) is 49.1. The van der Waals surface area contributed by atoms with Gasteiger partial charge in [0.1, 0.15) is 0 Å². The number of allylic oxidation sites excluding steroid dienone is 5. The Morgan fingerprint density at radius 3 is 1.21 bits per heavy atom. The van der Waals surface area contributed by atoms with Crippen molar-refractivity contribution in [3.63, 3.8) is 0 Å². The number of hydrogen-bond acceptors (Lipinski definition) is 5. The normalized spacial score (nSPS) is 12.9. The molecule has 0 aromatic rings. The van der Waals surface area contributed by atoms with Crippen molar-refractivity contribution in [3.05, 3.63) is 36.5 Å². The zero-order valence-corrected chi connectivity index (χ0v) is 40.6. The first-order valence-corrected chi connectivity index (χ1v) is 26.8. The third kappa shape index (κ3) is 47.4. The molecular formula is C55H103NO5. The largest absolute Gasteiger partial charge is 0.466 e. The molecular weight excluding hydrogens is 755 g/mol. The van der Waals surface area contributed by atoms with E-state index in [1.807, 2.05) is 6.08 Å². The summed E-state index contributed by atoms with van der Waals surface area (Å²) >= 11 is 0. The molecule has 0 saturated heterocycles. The second-order valence-electron chi connectivity index (χ2n) is 18.2. The zero-order valence-electron chi connectivity index (χ0n) is 40.6. The van der Waals surface area contributed by atoms with E-state index in [0.29, 0.717) is 19.4 Å². The monoisotopic (exact) mass is 858 g/mol. The van der Waals surface area contributed by atoms with Crippen LogP contribution in [0.5, 0.6) is 0 Å². The summed E-state index contributed by atoms with van der Waals surface area (Å²) in [5.41, 5.74) is 0. The van der Waals surface area contributed by atoms with E-state index in [4.69, 9.17) is 4.74 Å². The molecule has 0 aromatic carbocycles. The average Bonchev–Trinajstić information content (AvgIpc) is 3.26. The van der Waals surface area contributed by atoms with Crippen LogP contribution in [0.15, 0.2) is 36.5 Å². The van der Waals surface area contributed by atoms with E-state index in [1.165, 1.54) is 199 Å². The molecule has 0 radical (unpaired) electrons. The minimum Gasteiger partial charge on any atom is -0.466 e. The predicted molar refractivity (Wildman–Crippen MR) is 264 cm³/mol. The Hall–Kier alpha value is -1.92. The minimum atomic E-state index is -0.849. The van der Waals surface area contributed by atoms with Gasteiger partial charge in [0.05, 0.1) is 25.4 Å². The minimum absolute atomic E-state index is 0.00621. The average molecular weight is 858 g/mol. The molecule has 0 heterocycles. The van der Waals surface area contributed by atoms with E-state index in [2.05, 4.69) is 43.5 Å². The van der Waals surface area contributed by atoms with Crippen LogP contribution in [0.3, 0.4) is 0 Å². The number of hydrogen-bond donors (Lipinski definition) is 3. The quantitative estimate of drug-likeness (QED) is 0.0322. The Morgan fingerprint density at radius 2 is 0.787 bits per heavy atom. The number of esters is 1. The number of aliphatic hydroxyl groups is 2. The molecule has 61 heavy (non-hydrogen) atoms. The number of nitrogens with one attached hydrogen (secondary N) is 1. The molecule has 3 N–H and O–H groups in total. The summed E-state index contributed by atoms with van der Waals surface area (Å²) in [6.07, 6.45) is 61.5. The van der Waals surface area contributed by atoms with Crippen molar-refractivity contribution < 1.29 is 24.5 Å². The number of amides is 1. The summed E-state index contributed by atoms with van der Waals surface area (Å²) in [7, 11) is 0. The molecule has 0 aliphatic carbocycles. The van der Waals surface area contributed by atoms with Gasteiger partial charge in [-0.15, -0.1) is 0 Å². The van der Waals surface area contributed by atoms with Gasteiger partial charge >= 0.3 is 5.97 Å². The number of rotatable bonds is 49. The maximum absolute atomic E-state index is 12.4. The summed E-state index contributed by atoms with van der Waals surface area (Å²) in [6.45, 7) is 4.84. The lowest BCUT2D eigenvalue weighted by Crippen LogP contribution is -2.45. The maximum atomic E-state index is 12.4. The van der Waals surface area contributed by atoms with Crippen LogP contribution < -0.4 is 5.32 Å². The standard InChI is InChI=1S/C55H103NO5/c1-3-5-7-9-11-13-15-24-28-31-35-39-43-47-53(58)52(51-57)56-54(59)48-44-40-36-32-29-25-22-20-18-16-17-19-21-23-26-30-34-38-42-46-50-61-55(60)49-45-41-37-33-27-14-12-10-8-6-4-2/h10,12,16,18,43,47,52-53,57-58H,3-9,11,13-15,17,19-42,44-46,48-51H2,1-2H3,(H,56,59)/b12-10-,18-16-,47-43+. The summed E-state index contributed by atoms with van der Waals surface area (Å²) in [4.78, 5) is 24.4. The molecule has 6 heteroatoms. The van der Waals surface area contributed by atoms with Crippen molar-refractivity contribution in [1.82, 2.24) is 5.32 Å². The smallest absolute Gasteiger partial charge is 0.305 e. The Bertz CT molecular complexity index is 993. The third-order valence-corrected chi connectivity index (χ3v) is 12.1. The lowest BCUT2D eigenvalue weighted by atomic mass is 10.0. The van der Waals surface area contributed by atoms with Crippen molar-refractivity contribution in [3.8, 4) is 0 Å². The van der Waals surface area contributed by atoms with Crippen LogP contribution >= 0.6 is 0 Å². The molecule has 358 valence electrons. The molecule has 0 aromatic heterocycles. The van der Waals surface area contributed by atoms with E-state index >= 15 is 0 Å². The van der Waals surface area contributed by atoms with Gasteiger partial charge in [-0.3, -0.25) is 9.59 Å². The highest BCUT2D eigenvalue weighted by Gasteiger charge is 2.18. The Labute approximate surface area is 379 Å². The van der Waals surface area contributed by atoms with Gasteiger partial charge in [-0.05, 0) is 77.0 Å². The summed E-state index contributed by atoms with van der Waals surface area (Å²) in [6, 6.07) is -0.633. The number of carbonyl (C=O) groups is 2. The molecule has 0 fully saturated rings. The van der Waals surface area contributed by atoms with E-state index < -0.39 is 12.1 Å². The van der Waals surface area contributed by atoms with Crippen LogP contribution in [0, 0.1) is 0 Å². The van der Waals surface area contributed by atoms with Gasteiger partial charge < -0.3 is 20.3 Å². The van der Waals surface area contributed by atoms with Crippen molar-refractivity contribution in [2.24, 2.45) is 0 Å². The summed E-state index contributed by atoms with van der Waals surface area (Å²) in [5, 5.41) is 23.0. The highest BCUT2D eigenvalue weighted by atomic mass is 16.5. The van der Waals surface area contributed by atoms with Gasteiger partial charge in [0, 0.05) is 12.8 Å². The van der Waals surface area contributed by atoms with Gasteiger partial charge in [0.25, 0.3) is 0 Å². The third-order valence-electron chi connectivity index (χ3n) is 12.1. The molecule has 2 atom stereocenters. The van der Waals surface area contributed by atoms with E-state index in [9.17, 15) is 19.8 Å². The first-order valence-electron chi connectivity index (χ1n) is 26.8. The SMILES string of the molecule is CCCC/C=C\CCCCCCCC(=O)OCCCCCCCCCCC/C=C\CCCCCCCCCC(=O)NC(CO)C(O)/C=C/CCCCCCCCCCCCC. The van der Waals surface area contributed by atoms with Gasteiger partial charge in [-0.2, -0.15) is 0 Å². The lowest BCUT2D eigenvalue weighted by molar-refractivity contribution is -0.143. The molecule has 2 unspecified atom stereocenters. The molecule has 0 rings (SSSR count). The fraction of sp³-hybridized carbons (Fsp3) is 0.855. The molecule has 0 spiro atoms. The molecule has 1 amide bonds. The molecule has 0 aliphatic heterocycles. The number of aliphatic hydroxyl groups excluding tert-OH is 2. The molecule has 0 bridgehead atoms. The molecule has 0 saturated carbocycles. The fourth-order valence-electron chi connectivity index (χ4n) is 7.96. The highest BCUT2D eigenvalue weighted by molar-refractivity contribution is 5.76. The van der Waals surface area contributed by atoms with Crippen LogP contribution in [0.4, 0.5) is 0 Å². The summed E-state index contributed by atoms with van der Waals surface area (Å²) in [5.74, 6) is -0.0838. The van der Waals surface area contributed by atoms with Crippen molar-refractivity contribution in [2.45, 2.75) is 289 Å². The Balaban J connectivity index is 3.47. The van der Waals surface area contributed by atoms with Gasteiger partial charge in [-0.1, -0.05) is 224 Å². The van der Waals surface area contributed by atoms with Crippen LogP contribution in [-0.4, -0.2) is 47.4 Å². The Morgan fingerprint density at radius 1 is 0.443 bits per heavy atom. The molecule has 0 aliphatic rings. The zero-order chi connectivity index (χ0) is 44.4. The van der Waals surface area contributed by atoms with Crippen molar-refractivity contribution >= 4 is 11.9 Å². The number of ether oxygens (including phenoxy) is 1. The second kappa shape index (κ2) is 50.7.